The van der Waals surface area contributed by atoms with Gasteiger partial charge in [0.05, 0.1) is 12.0 Å². The first-order chi connectivity index (χ1) is 8.16. The van der Waals surface area contributed by atoms with Gasteiger partial charge in [-0.3, -0.25) is 0 Å². The molecule has 0 spiro atoms. The SMILES string of the molecule is CC(C)N(C)CCn1cncc1CNC1CC1. The maximum absolute atomic E-state index is 4.25. The molecule has 1 aromatic rings. The number of hydrogen-bond acceptors (Lipinski definition) is 3. The Labute approximate surface area is 104 Å². The second-order valence-electron chi connectivity index (χ2n) is 5.31. The zero-order valence-corrected chi connectivity index (χ0v) is 11.2. The second-order valence-corrected chi connectivity index (χ2v) is 5.31. The number of likely N-dealkylation sites (N-methyl/N-ethyl adjacent to an activating group) is 1. The Morgan fingerprint density at radius 2 is 2.29 bits per heavy atom. The highest BCUT2D eigenvalue weighted by Gasteiger charge is 2.20. The van der Waals surface area contributed by atoms with Gasteiger partial charge < -0.3 is 14.8 Å². The van der Waals surface area contributed by atoms with Crippen molar-refractivity contribution in [2.45, 2.75) is 51.9 Å². The first kappa shape index (κ1) is 12.6. The quantitative estimate of drug-likeness (QED) is 0.778. The summed E-state index contributed by atoms with van der Waals surface area (Å²) >= 11 is 0. The summed E-state index contributed by atoms with van der Waals surface area (Å²) in [7, 11) is 2.17. The lowest BCUT2D eigenvalue weighted by Crippen LogP contribution is -2.30. The van der Waals surface area contributed by atoms with E-state index in [1.807, 2.05) is 12.5 Å². The molecule has 0 aromatic carbocycles. The third kappa shape index (κ3) is 3.82. The van der Waals surface area contributed by atoms with Crippen molar-refractivity contribution in [2.24, 2.45) is 0 Å². The molecule has 1 aromatic heterocycles. The summed E-state index contributed by atoms with van der Waals surface area (Å²) in [4.78, 5) is 6.61. The third-order valence-corrected chi connectivity index (χ3v) is 3.52. The van der Waals surface area contributed by atoms with Crippen LogP contribution in [-0.2, 0) is 13.1 Å². The van der Waals surface area contributed by atoms with E-state index in [1.165, 1.54) is 18.5 Å². The Kier molecular flexibility index (Phi) is 4.18. The predicted molar refractivity (Wildman–Crippen MR) is 69.9 cm³/mol. The fourth-order valence-electron chi connectivity index (χ4n) is 1.76. The normalized spacial score (nSPS) is 16.1. The summed E-state index contributed by atoms with van der Waals surface area (Å²) in [5.41, 5.74) is 1.30. The molecule has 96 valence electrons. The standard InChI is InChI=1S/C13H24N4/c1-11(2)16(3)6-7-17-10-14-8-13(17)9-15-12-4-5-12/h8,10-12,15H,4-7,9H2,1-3H3. The Morgan fingerprint density at radius 3 is 2.94 bits per heavy atom. The van der Waals surface area contributed by atoms with Crippen LogP contribution in [0.1, 0.15) is 32.4 Å². The molecule has 1 aliphatic carbocycles. The van der Waals surface area contributed by atoms with Crippen LogP contribution < -0.4 is 5.32 Å². The lowest BCUT2D eigenvalue weighted by atomic mass is 10.3. The number of imidazole rings is 1. The first-order valence-corrected chi connectivity index (χ1v) is 6.59. The highest BCUT2D eigenvalue weighted by atomic mass is 15.2. The second kappa shape index (κ2) is 5.65. The Bertz CT molecular complexity index is 341. The van der Waals surface area contributed by atoms with Gasteiger partial charge in [-0.25, -0.2) is 4.98 Å². The monoisotopic (exact) mass is 236 g/mol. The van der Waals surface area contributed by atoms with Crippen molar-refractivity contribution in [2.75, 3.05) is 13.6 Å². The average molecular weight is 236 g/mol. The molecule has 4 heteroatoms. The van der Waals surface area contributed by atoms with Crippen LogP contribution >= 0.6 is 0 Å². The minimum atomic E-state index is 0.603. The van der Waals surface area contributed by atoms with Gasteiger partial charge in [0.15, 0.2) is 0 Å². The zero-order valence-electron chi connectivity index (χ0n) is 11.2. The van der Waals surface area contributed by atoms with E-state index in [0.717, 1.165) is 25.7 Å². The van der Waals surface area contributed by atoms with Crippen LogP contribution in [0.5, 0.6) is 0 Å². The molecule has 1 fully saturated rings. The molecule has 0 atom stereocenters. The van der Waals surface area contributed by atoms with Gasteiger partial charge in [-0.05, 0) is 33.7 Å². The first-order valence-electron chi connectivity index (χ1n) is 6.59. The maximum Gasteiger partial charge on any atom is 0.0949 e. The van der Waals surface area contributed by atoms with Crippen LogP contribution in [0.15, 0.2) is 12.5 Å². The van der Waals surface area contributed by atoms with Crippen molar-refractivity contribution in [1.29, 1.82) is 0 Å². The number of hydrogen-bond donors (Lipinski definition) is 1. The predicted octanol–water partition coefficient (Wildman–Crippen LogP) is 1.48. The fourth-order valence-corrected chi connectivity index (χ4v) is 1.76. The lowest BCUT2D eigenvalue weighted by molar-refractivity contribution is 0.261. The summed E-state index contributed by atoms with van der Waals surface area (Å²) in [6.45, 7) is 7.50. The Hall–Kier alpha value is -0.870. The average Bonchev–Trinajstić information content (AvgIpc) is 3.02. The summed E-state index contributed by atoms with van der Waals surface area (Å²) in [5, 5.41) is 3.54. The highest BCUT2D eigenvalue weighted by molar-refractivity contribution is 4.99. The van der Waals surface area contributed by atoms with Crippen LogP contribution in [0.25, 0.3) is 0 Å². The molecule has 1 heterocycles. The van der Waals surface area contributed by atoms with Gasteiger partial charge in [0.1, 0.15) is 0 Å². The Balaban J connectivity index is 1.80. The lowest BCUT2D eigenvalue weighted by Gasteiger charge is -2.21. The molecular weight excluding hydrogens is 212 g/mol. The van der Waals surface area contributed by atoms with E-state index in [9.17, 15) is 0 Å². The number of rotatable bonds is 7. The molecule has 1 saturated carbocycles. The van der Waals surface area contributed by atoms with Gasteiger partial charge in [0.2, 0.25) is 0 Å². The maximum atomic E-state index is 4.25. The largest absolute Gasteiger partial charge is 0.332 e. The number of aromatic nitrogens is 2. The zero-order chi connectivity index (χ0) is 12.3. The van der Waals surface area contributed by atoms with Gasteiger partial charge in [-0.1, -0.05) is 0 Å². The smallest absolute Gasteiger partial charge is 0.0949 e. The van der Waals surface area contributed by atoms with Crippen molar-refractivity contribution in [1.82, 2.24) is 19.8 Å². The van der Waals surface area contributed by atoms with Crippen LogP contribution in [0.3, 0.4) is 0 Å². The molecule has 0 unspecified atom stereocenters. The van der Waals surface area contributed by atoms with Crippen LogP contribution in [0, 0.1) is 0 Å². The van der Waals surface area contributed by atoms with E-state index in [2.05, 4.69) is 40.7 Å². The van der Waals surface area contributed by atoms with Gasteiger partial charge in [-0.15, -0.1) is 0 Å². The molecule has 0 aliphatic heterocycles. The van der Waals surface area contributed by atoms with Gasteiger partial charge >= 0.3 is 0 Å². The highest BCUT2D eigenvalue weighted by Crippen LogP contribution is 2.19. The molecule has 1 aliphatic rings. The van der Waals surface area contributed by atoms with Gasteiger partial charge in [0.25, 0.3) is 0 Å². The summed E-state index contributed by atoms with van der Waals surface area (Å²) < 4.78 is 2.26. The molecule has 1 N–H and O–H groups in total. The van der Waals surface area contributed by atoms with E-state index >= 15 is 0 Å². The topological polar surface area (TPSA) is 33.1 Å². The van der Waals surface area contributed by atoms with Crippen molar-refractivity contribution in [3.05, 3.63) is 18.2 Å². The molecule has 0 radical (unpaired) electrons. The Morgan fingerprint density at radius 1 is 1.53 bits per heavy atom. The van der Waals surface area contributed by atoms with Crippen LogP contribution in [0.2, 0.25) is 0 Å². The summed E-state index contributed by atoms with van der Waals surface area (Å²) in [5.74, 6) is 0. The number of nitrogens with one attached hydrogen (secondary N) is 1. The van der Waals surface area contributed by atoms with Crippen molar-refractivity contribution in [3.63, 3.8) is 0 Å². The van der Waals surface area contributed by atoms with E-state index in [1.54, 1.807) is 0 Å². The minimum absolute atomic E-state index is 0.603. The molecule has 17 heavy (non-hydrogen) atoms. The third-order valence-electron chi connectivity index (χ3n) is 3.52. The van der Waals surface area contributed by atoms with E-state index in [4.69, 9.17) is 0 Å². The van der Waals surface area contributed by atoms with E-state index in [-0.39, 0.29) is 0 Å². The summed E-state index contributed by atoms with van der Waals surface area (Å²) in [6.07, 6.45) is 6.59. The van der Waals surface area contributed by atoms with Gasteiger partial charge in [-0.2, -0.15) is 0 Å². The molecule has 0 bridgehead atoms. The van der Waals surface area contributed by atoms with Crippen molar-refractivity contribution >= 4 is 0 Å². The van der Waals surface area contributed by atoms with Crippen LogP contribution in [0.4, 0.5) is 0 Å². The summed E-state index contributed by atoms with van der Waals surface area (Å²) in [6, 6.07) is 1.36. The minimum Gasteiger partial charge on any atom is -0.332 e. The fraction of sp³-hybridized carbons (Fsp3) is 0.769. The van der Waals surface area contributed by atoms with Crippen LogP contribution in [-0.4, -0.2) is 40.1 Å². The molecule has 0 saturated heterocycles. The molecule has 4 nitrogen and oxygen atoms in total. The van der Waals surface area contributed by atoms with Crippen molar-refractivity contribution < 1.29 is 0 Å². The van der Waals surface area contributed by atoms with Gasteiger partial charge in [0, 0.05) is 37.9 Å². The van der Waals surface area contributed by atoms with E-state index < -0.39 is 0 Å². The molecule has 2 rings (SSSR count). The van der Waals surface area contributed by atoms with Crippen molar-refractivity contribution in [3.8, 4) is 0 Å². The molecular formula is C13H24N4. The van der Waals surface area contributed by atoms with E-state index in [0.29, 0.717) is 6.04 Å². The molecule has 0 amide bonds. The number of nitrogens with zero attached hydrogens (tertiary/aromatic N) is 3.